The zero-order valence-electron chi connectivity index (χ0n) is 6.29. The zero-order valence-corrected chi connectivity index (χ0v) is 8.08. The highest BCUT2D eigenvalue weighted by molar-refractivity contribution is 7.85. The lowest BCUT2D eigenvalue weighted by Gasteiger charge is -2.20. The van der Waals surface area contributed by atoms with Gasteiger partial charge < -0.3 is 0 Å². The van der Waals surface area contributed by atoms with Crippen LogP contribution < -0.4 is 0 Å². The summed E-state index contributed by atoms with van der Waals surface area (Å²) < 4.78 is 0. The van der Waals surface area contributed by atoms with Crippen LogP contribution in [0.3, 0.4) is 0 Å². The van der Waals surface area contributed by atoms with Crippen LogP contribution in [0.15, 0.2) is 0 Å². The lowest BCUT2D eigenvalue weighted by atomic mass is 10.0. The fraction of sp³-hybridized carbons (Fsp3) is 1.00. The highest BCUT2D eigenvalue weighted by Gasteiger charge is 2.15. The molecule has 0 nitrogen and oxygen atoms in total. The second kappa shape index (κ2) is 4.55. The Morgan fingerprint density at radius 3 is 1.50 bits per heavy atom. The van der Waals surface area contributed by atoms with E-state index >= 15 is 0 Å². The molecule has 60 valence electrons. The summed E-state index contributed by atoms with van der Waals surface area (Å²) in [6, 6.07) is 0. The molecule has 1 aliphatic carbocycles. The quantitative estimate of drug-likeness (QED) is 0.521. The third kappa shape index (κ3) is 2.75. The molecule has 0 aliphatic heterocycles. The van der Waals surface area contributed by atoms with E-state index in [2.05, 4.69) is 25.3 Å². The maximum Gasteiger partial charge on any atom is 0.0133 e. The third-order valence-electron chi connectivity index (χ3n) is 2.19. The topological polar surface area (TPSA) is 0 Å². The van der Waals surface area contributed by atoms with Crippen LogP contribution in [0, 0.1) is 0 Å². The van der Waals surface area contributed by atoms with Gasteiger partial charge in [-0.15, -0.1) is 0 Å². The van der Waals surface area contributed by atoms with Crippen molar-refractivity contribution in [1.82, 2.24) is 0 Å². The molecular weight excluding hydrogens is 160 g/mol. The Balaban J connectivity index is 2.28. The van der Waals surface area contributed by atoms with Crippen LogP contribution in [-0.2, 0) is 0 Å². The summed E-state index contributed by atoms with van der Waals surface area (Å²) in [6.07, 6.45) is 8.03. The van der Waals surface area contributed by atoms with E-state index < -0.39 is 0 Å². The normalized spacial score (nSPS) is 36.6. The van der Waals surface area contributed by atoms with E-state index in [1.165, 1.54) is 38.5 Å². The van der Waals surface area contributed by atoms with Crippen LogP contribution in [-0.4, -0.2) is 10.5 Å². The van der Waals surface area contributed by atoms with Gasteiger partial charge in [-0.2, -0.15) is 25.3 Å². The Hall–Kier alpha value is 0.700. The van der Waals surface area contributed by atoms with Crippen molar-refractivity contribution >= 4 is 25.3 Å². The molecule has 0 heterocycles. The van der Waals surface area contributed by atoms with Crippen molar-refractivity contribution in [1.29, 1.82) is 0 Å². The maximum absolute atomic E-state index is 4.50. The number of rotatable bonds is 0. The molecule has 0 amide bonds. The van der Waals surface area contributed by atoms with E-state index in [-0.39, 0.29) is 0 Å². The largest absolute Gasteiger partial charge is 0.175 e. The van der Waals surface area contributed by atoms with Crippen LogP contribution in [0.25, 0.3) is 0 Å². The molecule has 1 saturated carbocycles. The predicted molar refractivity (Wildman–Crippen MR) is 53.3 cm³/mol. The van der Waals surface area contributed by atoms with Gasteiger partial charge in [0.15, 0.2) is 0 Å². The summed E-state index contributed by atoms with van der Waals surface area (Å²) >= 11 is 8.99. The number of hydrogen-bond acceptors (Lipinski definition) is 2. The maximum atomic E-state index is 4.50. The Morgan fingerprint density at radius 2 is 1.10 bits per heavy atom. The first-order valence-corrected chi connectivity index (χ1v) is 5.20. The molecule has 0 radical (unpaired) electrons. The fourth-order valence-electron chi connectivity index (χ4n) is 1.45. The minimum atomic E-state index is 0.545. The van der Waals surface area contributed by atoms with Crippen molar-refractivity contribution in [3.63, 3.8) is 0 Å². The van der Waals surface area contributed by atoms with Crippen molar-refractivity contribution in [3.8, 4) is 0 Å². The van der Waals surface area contributed by atoms with Gasteiger partial charge in [0.2, 0.25) is 0 Å². The SMILES string of the molecule is S[C@H]1CCCCCC[C@@H]1S. The molecule has 0 aromatic rings. The molecule has 0 N–H and O–H groups in total. The molecule has 0 saturated heterocycles. The molecule has 0 spiro atoms. The van der Waals surface area contributed by atoms with E-state index in [0.717, 1.165) is 0 Å². The van der Waals surface area contributed by atoms with Gasteiger partial charge in [0.05, 0.1) is 0 Å². The summed E-state index contributed by atoms with van der Waals surface area (Å²) in [5.41, 5.74) is 0. The number of hydrogen-bond donors (Lipinski definition) is 2. The second-order valence-electron chi connectivity index (χ2n) is 3.13. The first kappa shape index (κ1) is 8.79. The lowest BCUT2D eigenvalue weighted by molar-refractivity contribution is 0.524. The Labute approximate surface area is 74.6 Å². The number of thiol groups is 2. The van der Waals surface area contributed by atoms with E-state index in [1.54, 1.807) is 0 Å². The Morgan fingerprint density at radius 1 is 0.700 bits per heavy atom. The predicted octanol–water partition coefficient (Wildman–Crippen LogP) is 2.94. The molecule has 2 heteroatoms. The summed E-state index contributed by atoms with van der Waals surface area (Å²) in [5, 5.41) is 1.09. The fourth-order valence-corrected chi connectivity index (χ4v) is 2.11. The minimum Gasteiger partial charge on any atom is -0.175 e. The van der Waals surface area contributed by atoms with E-state index in [0.29, 0.717) is 10.5 Å². The van der Waals surface area contributed by atoms with Crippen molar-refractivity contribution < 1.29 is 0 Å². The smallest absolute Gasteiger partial charge is 0.0133 e. The molecule has 10 heavy (non-hydrogen) atoms. The second-order valence-corrected chi connectivity index (χ2v) is 4.45. The van der Waals surface area contributed by atoms with Gasteiger partial charge in [-0.25, -0.2) is 0 Å². The first-order valence-electron chi connectivity index (χ1n) is 4.17. The molecular formula is C8H16S2. The average Bonchev–Trinajstić information content (AvgIpc) is 1.92. The molecule has 0 bridgehead atoms. The molecule has 0 aromatic heterocycles. The standard InChI is InChI=1S/C8H16S2/c9-7-5-3-1-2-4-6-8(7)10/h7-10H,1-6H2/t7-,8-/m0/s1. The van der Waals surface area contributed by atoms with Crippen molar-refractivity contribution in [2.45, 2.75) is 49.0 Å². The van der Waals surface area contributed by atoms with Crippen LogP contribution in [0.5, 0.6) is 0 Å². The Kier molecular flexibility index (Phi) is 4.00. The molecule has 1 aliphatic rings. The van der Waals surface area contributed by atoms with E-state index in [4.69, 9.17) is 0 Å². The molecule has 0 aromatic carbocycles. The summed E-state index contributed by atoms with van der Waals surface area (Å²) in [7, 11) is 0. The molecule has 1 fully saturated rings. The summed E-state index contributed by atoms with van der Waals surface area (Å²) in [4.78, 5) is 0. The molecule has 0 unspecified atom stereocenters. The zero-order chi connectivity index (χ0) is 7.40. The summed E-state index contributed by atoms with van der Waals surface area (Å²) in [5.74, 6) is 0. The molecule has 2 atom stereocenters. The van der Waals surface area contributed by atoms with Crippen LogP contribution in [0.2, 0.25) is 0 Å². The van der Waals surface area contributed by atoms with Crippen LogP contribution >= 0.6 is 25.3 Å². The van der Waals surface area contributed by atoms with Crippen molar-refractivity contribution in [2.24, 2.45) is 0 Å². The average molecular weight is 176 g/mol. The van der Waals surface area contributed by atoms with Gasteiger partial charge in [-0.05, 0) is 12.8 Å². The van der Waals surface area contributed by atoms with Crippen molar-refractivity contribution in [2.75, 3.05) is 0 Å². The van der Waals surface area contributed by atoms with Gasteiger partial charge in [-0.3, -0.25) is 0 Å². The van der Waals surface area contributed by atoms with Crippen molar-refractivity contribution in [3.05, 3.63) is 0 Å². The first-order chi connectivity index (χ1) is 4.80. The Bertz CT molecular complexity index is 81.3. The van der Waals surface area contributed by atoms with Gasteiger partial charge in [0.1, 0.15) is 0 Å². The van der Waals surface area contributed by atoms with Gasteiger partial charge in [0.25, 0.3) is 0 Å². The third-order valence-corrected chi connectivity index (χ3v) is 3.67. The molecule has 1 rings (SSSR count). The highest BCUT2D eigenvalue weighted by Crippen LogP contribution is 2.24. The highest BCUT2D eigenvalue weighted by atomic mass is 32.1. The minimum absolute atomic E-state index is 0.545. The van der Waals surface area contributed by atoms with E-state index in [1.807, 2.05) is 0 Å². The summed E-state index contributed by atoms with van der Waals surface area (Å²) in [6.45, 7) is 0. The van der Waals surface area contributed by atoms with Gasteiger partial charge in [0, 0.05) is 10.5 Å². The monoisotopic (exact) mass is 176 g/mol. The van der Waals surface area contributed by atoms with Gasteiger partial charge in [-0.1, -0.05) is 25.7 Å². The lowest BCUT2D eigenvalue weighted by Crippen LogP contribution is -2.16. The van der Waals surface area contributed by atoms with Gasteiger partial charge >= 0.3 is 0 Å². The van der Waals surface area contributed by atoms with Crippen LogP contribution in [0.1, 0.15) is 38.5 Å². The van der Waals surface area contributed by atoms with Crippen LogP contribution in [0.4, 0.5) is 0 Å². The van der Waals surface area contributed by atoms with E-state index in [9.17, 15) is 0 Å².